The Morgan fingerprint density at radius 3 is 2.00 bits per heavy atom. The molecule has 6 rings (SSSR count). The van der Waals surface area contributed by atoms with Gasteiger partial charge >= 0.3 is 0 Å². The molecule has 4 atom stereocenters. The molecule has 2 N–H and O–H groups in total. The number of halogens is 5. The number of aromatic nitrogens is 2. The molecule has 2 aliphatic heterocycles. The Bertz CT molecular complexity index is 1730. The van der Waals surface area contributed by atoms with E-state index in [9.17, 15) is 31.9 Å². The van der Waals surface area contributed by atoms with Crippen LogP contribution in [0.5, 0.6) is 0 Å². The third-order valence-electron chi connectivity index (χ3n) is 8.91. The molecule has 1 aromatic heterocycles. The van der Waals surface area contributed by atoms with Crippen LogP contribution < -0.4 is 10.2 Å². The minimum Gasteiger partial charge on any atom is -0.392 e. The summed E-state index contributed by atoms with van der Waals surface area (Å²) in [4.78, 5) is 25.6. The fraction of sp³-hybridized carbons (Fsp3) is 0.343. The Balaban J connectivity index is 1.15. The van der Waals surface area contributed by atoms with E-state index in [0.29, 0.717) is 23.6 Å². The smallest absolute Gasteiger partial charge is 0.257 e. The second-order valence-corrected chi connectivity index (χ2v) is 12.0. The van der Waals surface area contributed by atoms with Crippen LogP contribution in [0.4, 0.5) is 27.9 Å². The van der Waals surface area contributed by atoms with Gasteiger partial charge < -0.3 is 24.8 Å². The summed E-state index contributed by atoms with van der Waals surface area (Å²) in [5.74, 6) is -11.9. The number of ether oxygens (including phenoxy) is 2. The van der Waals surface area contributed by atoms with Gasteiger partial charge in [0.15, 0.2) is 29.6 Å². The van der Waals surface area contributed by atoms with Crippen molar-refractivity contribution in [1.29, 1.82) is 0 Å². The summed E-state index contributed by atoms with van der Waals surface area (Å²) in [7, 11) is 0. The maximum Gasteiger partial charge on any atom is 0.257 e. The average molecular weight is 684 g/mol. The van der Waals surface area contributed by atoms with Gasteiger partial charge in [-0.15, -0.1) is 0 Å². The first kappa shape index (κ1) is 34.4. The molecular formula is C35H34F5N5O4. The summed E-state index contributed by atoms with van der Waals surface area (Å²) in [5, 5.41) is 11.7. The molecule has 2 aliphatic rings. The molecule has 14 heteroatoms. The Hall–Kier alpha value is -4.50. The zero-order valence-corrected chi connectivity index (χ0v) is 26.5. The second kappa shape index (κ2) is 14.9. The van der Waals surface area contributed by atoms with E-state index in [1.54, 1.807) is 42.7 Å². The number of aliphatic hydroxyl groups is 1. The summed E-state index contributed by atoms with van der Waals surface area (Å²) in [6.45, 7) is 5.51. The van der Waals surface area contributed by atoms with Crippen LogP contribution in [0.2, 0.25) is 0 Å². The van der Waals surface area contributed by atoms with Crippen molar-refractivity contribution in [3.63, 3.8) is 0 Å². The summed E-state index contributed by atoms with van der Waals surface area (Å²) in [5.41, 5.74) is 1.33. The van der Waals surface area contributed by atoms with Crippen LogP contribution in [-0.2, 0) is 22.6 Å². The molecule has 4 unspecified atom stereocenters. The van der Waals surface area contributed by atoms with Gasteiger partial charge in [-0.25, -0.2) is 31.9 Å². The zero-order valence-electron chi connectivity index (χ0n) is 26.5. The molecule has 49 heavy (non-hydrogen) atoms. The fourth-order valence-electron chi connectivity index (χ4n) is 6.04. The minimum absolute atomic E-state index is 0.0388. The quantitative estimate of drug-likeness (QED) is 0.141. The molecule has 4 aromatic rings. The fourth-order valence-corrected chi connectivity index (χ4v) is 6.04. The molecule has 9 nitrogen and oxygen atoms in total. The number of anilines is 1. The molecular weight excluding hydrogens is 649 g/mol. The van der Waals surface area contributed by atoms with Crippen molar-refractivity contribution < 1.29 is 41.3 Å². The molecule has 1 amide bonds. The van der Waals surface area contributed by atoms with Gasteiger partial charge in [0.1, 0.15) is 5.56 Å². The largest absolute Gasteiger partial charge is 0.392 e. The van der Waals surface area contributed by atoms with Gasteiger partial charge in [-0.1, -0.05) is 55.5 Å². The lowest BCUT2D eigenvalue weighted by Crippen LogP contribution is -2.51. The van der Waals surface area contributed by atoms with Crippen molar-refractivity contribution in [2.24, 2.45) is 5.92 Å². The molecule has 2 fully saturated rings. The molecule has 0 spiro atoms. The van der Waals surface area contributed by atoms with Gasteiger partial charge in [0, 0.05) is 63.1 Å². The van der Waals surface area contributed by atoms with Gasteiger partial charge in [0.05, 0.1) is 18.8 Å². The topological polar surface area (TPSA) is 100 Å². The van der Waals surface area contributed by atoms with Gasteiger partial charge in [-0.2, -0.15) is 0 Å². The van der Waals surface area contributed by atoms with Crippen molar-refractivity contribution in [2.75, 3.05) is 37.6 Å². The van der Waals surface area contributed by atoms with Crippen LogP contribution in [0.3, 0.4) is 0 Å². The second-order valence-electron chi connectivity index (χ2n) is 12.0. The van der Waals surface area contributed by atoms with Crippen molar-refractivity contribution >= 4 is 11.9 Å². The maximum atomic E-state index is 14.1. The van der Waals surface area contributed by atoms with E-state index >= 15 is 0 Å². The number of amides is 1. The van der Waals surface area contributed by atoms with Gasteiger partial charge in [0.2, 0.25) is 11.8 Å². The van der Waals surface area contributed by atoms with Crippen LogP contribution >= 0.6 is 0 Å². The standard InChI is InChI=1S/C35H34F5N5O4/c1-20-25(18-44-13-15-45(16-14-44)35-41-11-2-12-42-35)48-34(49-32(20)23-7-5-22(19-46)6-8-23)24-9-3-21(4-10-24)17-43-33(47)26-27(36)29(38)31(40)30(39)28(26)37/h2-12,20,25,32,34,46H,13-19H2,1H3,(H,43,47). The molecule has 0 aliphatic carbocycles. The molecule has 0 bridgehead atoms. The normalized spacial score (nSPS) is 21.5. The zero-order chi connectivity index (χ0) is 34.7. The molecule has 3 aromatic carbocycles. The van der Waals surface area contributed by atoms with E-state index in [1.807, 2.05) is 24.3 Å². The van der Waals surface area contributed by atoms with E-state index in [0.717, 1.165) is 37.3 Å². The highest BCUT2D eigenvalue weighted by Gasteiger charge is 2.39. The lowest BCUT2D eigenvalue weighted by atomic mass is 9.90. The van der Waals surface area contributed by atoms with Crippen molar-refractivity contribution in [3.05, 3.63) is 124 Å². The van der Waals surface area contributed by atoms with Crippen LogP contribution in [-0.4, -0.2) is 64.7 Å². The summed E-state index contributed by atoms with van der Waals surface area (Å²) in [6.07, 6.45) is 2.13. The van der Waals surface area contributed by atoms with Gasteiger partial charge in [0.25, 0.3) is 5.91 Å². The maximum absolute atomic E-state index is 14.1. The number of rotatable bonds is 9. The van der Waals surface area contributed by atoms with Crippen LogP contribution in [0.15, 0.2) is 67.0 Å². The highest BCUT2D eigenvalue weighted by Crippen LogP contribution is 2.42. The number of nitrogens with one attached hydrogen (secondary N) is 1. The monoisotopic (exact) mass is 683 g/mol. The van der Waals surface area contributed by atoms with Gasteiger partial charge in [-0.05, 0) is 22.8 Å². The predicted molar refractivity (Wildman–Crippen MR) is 167 cm³/mol. The number of carbonyl (C=O) groups excluding carboxylic acids is 1. The summed E-state index contributed by atoms with van der Waals surface area (Å²) >= 11 is 0. The van der Waals surface area contributed by atoms with Crippen LogP contribution in [0.1, 0.15) is 51.9 Å². The molecule has 3 heterocycles. The van der Waals surface area contributed by atoms with Crippen molar-refractivity contribution in [2.45, 2.75) is 38.6 Å². The molecule has 258 valence electrons. The first-order chi connectivity index (χ1) is 23.6. The lowest BCUT2D eigenvalue weighted by Gasteiger charge is -2.44. The third kappa shape index (κ3) is 7.42. The van der Waals surface area contributed by atoms with E-state index in [-0.39, 0.29) is 31.3 Å². The Kier molecular flexibility index (Phi) is 10.5. The Morgan fingerprint density at radius 2 is 1.39 bits per heavy atom. The predicted octanol–water partition coefficient (Wildman–Crippen LogP) is 5.21. The number of nitrogens with zero attached hydrogens (tertiary/aromatic N) is 4. The first-order valence-corrected chi connectivity index (χ1v) is 15.8. The number of carbonyl (C=O) groups is 1. The molecule has 0 saturated carbocycles. The van der Waals surface area contributed by atoms with Crippen LogP contribution in [0.25, 0.3) is 0 Å². The van der Waals surface area contributed by atoms with Crippen molar-refractivity contribution in [3.8, 4) is 0 Å². The molecule has 0 radical (unpaired) electrons. The van der Waals surface area contributed by atoms with Gasteiger partial charge in [-0.3, -0.25) is 9.69 Å². The number of aliphatic hydroxyl groups excluding tert-OH is 1. The van der Waals surface area contributed by atoms with E-state index in [2.05, 4.69) is 32.0 Å². The molecule has 2 saturated heterocycles. The SMILES string of the molecule is CC1C(CN2CCN(c3ncccn3)CC2)OC(c2ccc(CNC(=O)c3c(F)c(F)c(F)c(F)c3F)cc2)OC1c1ccc(CO)cc1. The highest BCUT2D eigenvalue weighted by atomic mass is 19.2. The number of benzene rings is 3. The number of hydrogen-bond donors (Lipinski definition) is 2. The minimum atomic E-state index is -2.34. The number of hydrogen-bond acceptors (Lipinski definition) is 8. The lowest BCUT2D eigenvalue weighted by molar-refractivity contribution is -0.276. The van der Waals surface area contributed by atoms with E-state index in [4.69, 9.17) is 9.47 Å². The van der Waals surface area contributed by atoms with E-state index in [1.165, 1.54) is 0 Å². The van der Waals surface area contributed by atoms with Crippen molar-refractivity contribution in [1.82, 2.24) is 20.2 Å². The first-order valence-electron chi connectivity index (χ1n) is 15.8. The highest BCUT2D eigenvalue weighted by molar-refractivity contribution is 5.94. The van der Waals surface area contributed by atoms with E-state index < -0.39 is 46.8 Å². The summed E-state index contributed by atoms with van der Waals surface area (Å²) < 4.78 is 81.8. The average Bonchev–Trinajstić information content (AvgIpc) is 3.14. The number of piperazine rings is 1. The van der Waals surface area contributed by atoms with Crippen LogP contribution in [0, 0.1) is 35.0 Å². The Morgan fingerprint density at radius 1 is 0.816 bits per heavy atom. The third-order valence-corrected chi connectivity index (χ3v) is 8.91. The Labute approximate surface area is 279 Å². The summed E-state index contributed by atoms with van der Waals surface area (Å²) in [6, 6.07) is 16.1.